The van der Waals surface area contributed by atoms with E-state index in [4.69, 9.17) is 14.2 Å². The van der Waals surface area contributed by atoms with Gasteiger partial charge in [-0.05, 0) is 55.3 Å². The second kappa shape index (κ2) is 9.45. The minimum Gasteiger partial charge on any atom is -0.497 e. The van der Waals surface area contributed by atoms with Crippen molar-refractivity contribution in [1.82, 2.24) is 4.90 Å². The summed E-state index contributed by atoms with van der Waals surface area (Å²) in [6.07, 6.45) is 2.25. The largest absolute Gasteiger partial charge is 0.497 e. The van der Waals surface area contributed by atoms with Crippen molar-refractivity contribution in [3.63, 3.8) is 0 Å². The molecule has 2 aromatic rings. The van der Waals surface area contributed by atoms with Crippen molar-refractivity contribution >= 4 is 11.7 Å². The van der Waals surface area contributed by atoms with Crippen LogP contribution in [0.15, 0.2) is 42.5 Å². The first-order valence-corrected chi connectivity index (χ1v) is 9.84. The van der Waals surface area contributed by atoms with Crippen LogP contribution >= 0.6 is 0 Å². The molecule has 2 aromatic carbocycles. The third-order valence-corrected chi connectivity index (χ3v) is 5.23. The van der Waals surface area contributed by atoms with Gasteiger partial charge in [0.15, 0.2) is 12.4 Å². The van der Waals surface area contributed by atoms with Crippen LogP contribution in [0.25, 0.3) is 0 Å². The molecule has 0 radical (unpaired) electrons. The lowest BCUT2D eigenvalue weighted by atomic mass is 10.0. The molecule has 6 heteroatoms. The lowest BCUT2D eigenvalue weighted by Crippen LogP contribution is -2.34. The van der Waals surface area contributed by atoms with Crippen molar-refractivity contribution in [2.75, 3.05) is 27.4 Å². The molecule has 0 aliphatic carbocycles. The first-order valence-electron chi connectivity index (χ1n) is 9.84. The summed E-state index contributed by atoms with van der Waals surface area (Å²) in [5.74, 6) is 2.05. The number of methoxy groups -OCH3 is 2. The Balaban J connectivity index is 1.68. The zero-order chi connectivity index (χ0) is 20.8. The molecule has 0 N–H and O–H groups in total. The van der Waals surface area contributed by atoms with Crippen molar-refractivity contribution in [2.45, 2.75) is 32.2 Å². The van der Waals surface area contributed by atoms with Crippen molar-refractivity contribution in [2.24, 2.45) is 0 Å². The van der Waals surface area contributed by atoms with Crippen LogP contribution in [0.3, 0.4) is 0 Å². The summed E-state index contributed by atoms with van der Waals surface area (Å²) in [7, 11) is 3.25. The Hall–Kier alpha value is -3.02. The average molecular weight is 397 g/mol. The van der Waals surface area contributed by atoms with E-state index in [1.165, 1.54) is 0 Å². The van der Waals surface area contributed by atoms with E-state index in [1.54, 1.807) is 38.5 Å². The smallest absolute Gasteiger partial charge is 0.261 e. The first-order chi connectivity index (χ1) is 14.1. The number of ketones is 1. The first kappa shape index (κ1) is 20.7. The maximum Gasteiger partial charge on any atom is 0.261 e. The zero-order valence-corrected chi connectivity index (χ0v) is 17.1. The maximum absolute atomic E-state index is 12.9. The number of carbonyl (C=O) groups is 2. The number of likely N-dealkylation sites (tertiary alicyclic amines) is 1. The van der Waals surface area contributed by atoms with E-state index < -0.39 is 0 Å². The number of ether oxygens (including phenoxy) is 3. The summed E-state index contributed by atoms with van der Waals surface area (Å²) >= 11 is 0. The highest BCUT2D eigenvalue weighted by Gasteiger charge is 2.32. The molecule has 1 saturated heterocycles. The fourth-order valence-corrected chi connectivity index (χ4v) is 3.66. The van der Waals surface area contributed by atoms with Gasteiger partial charge in [-0.25, -0.2) is 0 Å². The Labute approximate surface area is 171 Å². The van der Waals surface area contributed by atoms with Crippen molar-refractivity contribution in [3.8, 4) is 17.2 Å². The number of Topliss-reactive ketones (excluding diaryl/α,β-unsaturated/α-hetero) is 1. The standard InChI is InChI=1S/C23H27NO5/c1-4-21(25)16-7-9-17(10-8-16)29-15-23(26)24-13-5-6-20(24)19-14-18(27-2)11-12-22(19)28-3/h7-12,14,20H,4-6,13,15H2,1-3H3. The van der Waals surface area contributed by atoms with Gasteiger partial charge in [0.1, 0.15) is 17.2 Å². The summed E-state index contributed by atoms with van der Waals surface area (Å²) in [5.41, 5.74) is 1.59. The summed E-state index contributed by atoms with van der Waals surface area (Å²) < 4.78 is 16.5. The van der Waals surface area contributed by atoms with E-state index in [0.717, 1.165) is 29.9 Å². The van der Waals surface area contributed by atoms with Crippen molar-refractivity contribution < 1.29 is 23.8 Å². The van der Waals surface area contributed by atoms with Crippen LogP contribution in [0.2, 0.25) is 0 Å². The third kappa shape index (κ3) is 4.70. The molecule has 154 valence electrons. The number of rotatable bonds is 8. The van der Waals surface area contributed by atoms with Gasteiger partial charge in [-0.15, -0.1) is 0 Å². The van der Waals surface area contributed by atoms with E-state index in [1.807, 2.05) is 30.0 Å². The van der Waals surface area contributed by atoms with Gasteiger partial charge in [-0.2, -0.15) is 0 Å². The van der Waals surface area contributed by atoms with E-state index in [-0.39, 0.29) is 24.3 Å². The minimum atomic E-state index is -0.0777. The molecule has 29 heavy (non-hydrogen) atoms. The predicted octanol–water partition coefficient (Wildman–Crippen LogP) is 4.04. The summed E-state index contributed by atoms with van der Waals surface area (Å²) in [6.45, 7) is 2.45. The molecule has 6 nitrogen and oxygen atoms in total. The molecule has 1 aliphatic rings. The summed E-state index contributed by atoms with van der Waals surface area (Å²) in [4.78, 5) is 26.4. The molecule has 0 saturated carbocycles. The Morgan fingerprint density at radius 2 is 1.76 bits per heavy atom. The molecule has 0 spiro atoms. The molecular formula is C23H27NO5. The van der Waals surface area contributed by atoms with Gasteiger partial charge in [-0.1, -0.05) is 6.92 Å². The van der Waals surface area contributed by atoms with Crippen molar-refractivity contribution in [3.05, 3.63) is 53.6 Å². The van der Waals surface area contributed by atoms with Crippen LogP contribution in [-0.4, -0.2) is 44.0 Å². The molecule has 1 atom stereocenters. The van der Waals surface area contributed by atoms with Gasteiger partial charge in [0, 0.05) is 24.1 Å². The van der Waals surface area contributed by atoms with Crippen LogP contribution in [0.5, 0.6) is 17.2 Å². The van der Waals surface area contributed by atoms with E-state index >= 15 is 0 Å². The molecule has 1 unspecified atom stereocenters. The lowest BCUT2D eigenvalue weighted by molar-refractivity contribution is -0.134. The summed E-state index contributed by atoms with van der Waals surface area (Å²) in [5, 5.41) is 0. The summed E-state index contributed by atoms with van der Waals surface area (Å²) in [6, 6.07) is 12.5. The fourth-order valence-electron chi connectivity index (χ4n) is 3.66. The predicted molar refractivity (Wildman–Crippen MR) is 110 cm³/mol. The average Bonchev–Trinajstić information content (AvgIpc) is 3.26. The van der Waals surface area contributed by atoms with E-state index in [9.17, 15) is 9.59 Å². The Bertz CT molecular complexity index is 862. The normalized spacial score (nSPS) is 15.8. The number of nitrogens with zero attached hydrogens (tertiary/aromatic N) is 1. The monoisotopic (exact) mass is 397 g/mol. The van der Waals surface area contributed by atoms with Gasteiger partial charge in [0.2, 0.25) is 0 Å². The van der Waals surface area contributed by atoms with Crippen LogP contribution < -0.4 is 14.2 Å². The number of carbonyl (C=O) groups excluding carboxylic acids is 2. The SMILES string of the molecule is CCC(=O)c1ccc(OCC(=O)N2CCCC2c2cc(OC)ccc2OC)cc1. The number of benzene rings is 2. The van der Waals surface area contributed by atoms with Gasteiger partial charge >= 0.3 is 0 Å². The minimum absolute atomic E-state index is 0.0517. The second-order valence-electron chi connectivity index (χ2n) is 6.94. The zero-order valence-electron chi connectivity index (χ0n) is 17.1. The molecule has 0 bridgehead atoms. The van der Waals surface area contributed by atoms with Crippen LogP contribution in [0.4, 0.5) is 0 Å². The van der Waals surface area contributed by atoms with Gasteiger partial charge in [0.25, 0.3) is 5.91 Å². The fraction of sp³-hybridized carbons (Fsp3) is 0.391. The number of amides is 1. The highest BCUT2D eigenvalue weighted by molar-refractivity contribution is 5.95. The van der Waals surface area contributed by atoms with Crippen LogP contribution in [-0.2, 0) is 4.79 Å². The molecule has 0 aromatic heterocycles. The molecule has 1 amide bonds. The van der Waals surface area contributed by atoms with E-state index in [2.05, 4.69) is 0 Å². The Morgan fingerprint density at radius 1 is 1.03 bits per heavy atom. The van der Waals surface area contributed by atoms with E-state index in [0.29, 0.717) is 24.3 Å². The van der Waals surface area contributed by atoms with Gasteiger partial charge in [0.05, 0.1) is 20.3 Å². The topological polar surface area (TPSA) is 65.1 Å². The molecule has 3 rings (SSSR count). The molecule has 1 heterocycles. The van der Waals surface area contributed by atoms with Gasteiger partial charge < -0.3 is 19.1 Å². The highest BCUT2D eigenvalue weighted by Crippen LogP contribution is 2.38. The molecular weight excluding hydrogens is 370 g/mol. The van der Waals surface area contributed by atoms with Gasteiger partial charge in [-0.3, -0.25) is 9.59 Å². The van der Waals surface area contributed by atoms with Crippen LogP contribution in [0, 0.1) is 0 Å². The Kier molecular flexibility index (Phi) is 6.75. The number of hydrogen-bond donors (Lipinski definition) is 0. The second-order valence-corrected chi connectivity index (χ2v) is 6.94. The molecule has 1 fully saturated rings. The molecule has 1 aliphatic heterocycles. The highest BCUT2D eigenvalue weighted by atomic mass is 16.5. The Morgan fingerprint density at radius 3 is 2.41 bits per heavy atom. The third-order valence-electron chi connectivity index (χ3n) is 5.23. The number of hydrogen-bond acceptors (Lipinski definition) is 5. The maximum atomic E-state index is 12.9. The van der Waals surface area contributed by atoms with Crippen molar-refractivity contribution in [1.29, 1.82) is 0 Å². The lowest BCUT2D eigenvalue weighted by Gasteiger charge is -2.26. The van der Waals surface area contributed by atoms with Crippen LogP contribution in [0.1, 0.15) is 48.1 Å². The quantitative estimate of drug-likeness (QED) is 0.629.